The normalized spacial score (nSPS) is 15.0. The van der Waals surface area contributed by atoms with Gasteiger partial charge in [-0.15, -0.1) is 0 Å². The van der Waals surface area contributed by atoms with Crippen LogP contribution in [0.3, 0.4) is 0 Å². The zero-order chi connectivity index (χ0) is 15.2. The van der Waals surface area contributed by atoms with Crippen molar-refractivity contribution >= 4 is 6.03 Å². The highest BCUT2D eigenvalue weighted by Crippen LogP contribution is 2.31. The van der Waals surface area contributed by atoms with Crippen LogP contribution < -0.4 is 15.4 Å². The van der Waals surface area contributed by atoms with Crippen LogP contribution in [0.4, 0.5) is 4.79 Å². The lowest BCUT2D eigenvalue weighted by Gasteiger charge is -2.11. The Hall–Kier alpha value is -2.93. The number of carbonyl (C=O) groups is 1. The third-order valence-electron chi connectivity index (χ3n) is 3.35. The predicted molar refractivity (Wildman–Crippen MR) is 84.5 cm³/mol. The summed E-state index contributed by atoms with van der Waals surface area (Å²) in [6.45, 7) is 0.762. The summed E-state index contributed by atoms with van der Waals surface area (Å²) in [4.78, 5) is 11.9. The number of carbonyl (C=O) groups excluding carboxylic acids is 1. The van der Waals surface area contributed by atoms with E-state index in [9.17, 15) is 4.79 Å². The van der Waals surface area contributed by atoms with E-state index in [0.29, 0.717) is 13.2 Å². The van der Waals surface area contributed by atoms with Gasteiger partial charge >= 0.3 is 6.03 Å². The Morgan fingerprint density at radius 2 is 1.91 bits per heavy atom. The van der Waals surface area contributed by atoms with Crippen LogP contribution in [0.1, 0.15) is 17.2 Å². The first kappa shape index (κ1) is 14.0. The molecule has 0 bridgehead atoms. The Morgan fingerprint density at radius 1 is 1.14 bits per heavy atom. The number of fused-ring (bicyclic) bond motifs is 1. The second-order valence-corrected chi connectivity index (χ2v) is 4.90. The van der Waals surface area contributed by atoms with Gasteiger partial charge in [0.25, 0.3) is 0 Å². The molecule has 2 aromatic rings. The van der Waals surface area contributed by atoms with Crippen LogP contribution in [-0.4, -0.2) is 19.2 Å². The minimum Gasteiger partial charge on any atom is -0.491 e. The maximum absolute atomic E-state index is 11.9. The summed E-state index contributed by atoms with van der Waals surface area (Å²) >= 11 is 0. The van der Waals surface area contributed by atoms with Crippen LogP contribution in [-0.2, 0) is 0 Å². The summed E-state index contributed by atoms with van der Waals surface area (Å²) in [5.74, 6) is 6.75. The first-order chi connectivity index (χ1) is 10.8. The molecule has 2 N–H and O–H groups in total. The van der Waals surface area contributed by atoms with Gasteiger partial charge in [-0.1, -0.05) is 48.2 Å². The molecular formula is C18H16N2O2. The lowest BCUT2D eigenvalue weighted by atomic mass is 10.1. The predicted octanol–water partition coefficient (Wildman–Crippen LogP) is 2.47. The number of para-hydroxylation sites is 1. The number of hydrogen-bond acceptors (Lipinski definition) is 2. The van der Waals surface area contributed by atoms with Gasteiger partial charge in [0.05, 0.1) is 12.6 Å². The lowest BCUT2D eigenvalue weighted by molar-refractivity contribution is 0.233. The highest BCUT2D eigenvalue weighted by Gasteiger charge is 2.24. The zero-order valence-corrected chi connectivity index (χ0v) is 12.0. The van der Waals surface area contributed by atoms with Crippen molar-refractivity contribution in [2.75, 3.05) is 13.2 Å². The van der Waals surface area contributed by atoms with Crippen LogP contribution in [0.5, 0.6) is 5.75 Å². The number of amides is 2. The molecule has 1 atom stereocenters. The van der Waals surface area contributed by atoms with Crippen molar-refractivity contribution in [3.05, 3.63) is 65.7 Å². The molecular weight excluding hydrogens is 276 g/mol. The SMILES string of the molecule is O=C(NCC#Cc1ccccc1)N[C@H]1COc2ccccc21. The number of benzene rings is 2. The molecule has 0 saturated heterocycles. The summed E-state index contributed by atoms with van der Waals surface area (Å²) in [5.41, 5.74) is 1.94. The van der Waals surface area contributed by atoms with Crippen molar-refractivity contribution in [1.82, 2.24) is 10.6 Å². The van der Waals surface area contributed by atoms with Crippen molar-refractivity contribution < 1.29 is 9.53 Å². The summed E-state index contributed by atoms with van der Waals surface area (Å²) in [6, 6.07) is 17.0. The highest BCUT2D eigenvalue weighted by atomic mass is 16.5. The molecule has 0 spiro atoms. The highest BCUT2D eigenvalue weighted by molar-refractivity contribution is 5.75. The van der Waals surface area contributed by atoms with Crippen molar-refractivity contribution in [3.8, 4) is 17.6 Å². The van der Waals surface area contributed by atoms with Gasteiger partial charge in [-0.3, -0.25) is 0 Å². The molecule has 1 aliphatic heterocycles. The van der Waals surface area contributed by atoms with Gasteiger partial charge < -0.3 is 15.4 Å². The van der Waals surface area contributed by atoms with Crippen molar-refractivity contribution in [1.29, 1.82) is 0 Å². The number of nitrogens with one attached hydrogen (secondary N) is 2. The molecule has 0 fully saturated rings. The molecule has 0 radical (unpaired) electrons. The molecule has 22 heavy (non-hydrogen) atoms. The molecule has 0 aromatic heterocycles. The van der Waals surface area contributed by atoms with Crippen LogP contribution in [0, 0.1) is 11.8 Å². The molecule has 0 aliphatic carbocycles. The largest absolute Gasteiger partial charge is 0.491 e. The van der Waals surface area contributed by atoms with E-state index in [-0.39, 0.29) is 12.1 Å². The van der Waals surface area contributed by atoms with Gasteiger partial charge in [0.1, 0.15) is 12.4 Å². The molecule has 0 unspecified atom stereocenters. The molecule has 2 aromatic carbocycles. The summed E-state index contributed by atoms with van der Waals surface area (Å²) < 4.78 is 5.52. The van der Waals surface area contributed by atoms with Gasteiger partial charge in [0, 0.05) is 11.1 Å². The molecule has 4 heteroatoms. The second-order valence-electron chi connectivity index (χ2n) is 4.90. The number of urea groups is 1. The second kappa shape index (κ2) is 6.68. The van der Waals surface area contributed by atoms with Crippen molar-refractivity contribution in [2.45, 2.75) is 6.04 Å². The third-order valence-corrected chi connectivity index (χ3v) is 3.35. The standard InChI is InChI=1S/C18H16N2O2/c21-18(19-12-6-9-14-7-2-1-3-8-14)20-16-13-22-17-11-5-4-10-15(16)17/h1-5,7-8,10-11,16H,12-13H2,(H2,19,20,21)/t16-/m0/s1. The molecule has 3 rings (SSSR count). The lowest BCUT2D eigenvalue weighted by Crippen LogP contribution is -2.38. The van der Waals surface area contributed by atoms with Gasteiger partial charge in [-0.25, -0.2) is 4.79 Å². The number of rotatable bonds is 2. The van der Waals surface area contributed by atoms with Crippen LogP contribution >= 0.6 is 0 Å². The van der Waals surface area contributed by atoms with Gasteiger partial charge in [-0.2, -0.15) is 0 Å². The maximum Gasteiger partial charge on any atom is 0.316 e. The fourth-order valence-corrected chi connectivity index (χ4v) is 2.28. The minimum absolute atomic E-state index is 0.113. The summed E-state index contributed by atoms with van der Waals surface area (Å²) in [5, 5.41) is 5.62. The Labute approximate surface area is 129 Å². The van der Waals surface area contributed by atoms with Crippen molar-refractivity contribution in [3.63, 3.8) is 0 Å². The van der Waals surface area contributed by atoms with Gasteiger partial charge in [0.15, 0.2) is 0 Å². The topological polar surface area (TPSA) is 50.4 Å². The summed E-state index contributed by atoms with van der Waals surface area (Å²) in [7, 11) is 0. The maximum atomic E-state index is 11.9. The Morgan fingerprint density at radius 3 is 2.77 bits per heavy atom. The fraction of sp³-hybridized carbons (Fsp3) is 0.167. The van der Waals surface area contributed by atoms with E-state index < -0.39 is 0 Å². The van der Waals surface area contributed by atoms with Crippen LogP contribution in [0.2, 0.25) is 0 Å². The van der Waals surface area contributed by atoms with Crippen LogP contribution in [0.25, 0.3) is 0 Å². The molecule has 110 valence electrons. The molecule has 1 aliphatic rings. The quantitative estimate of drug-likeness (QED) is 0.835. The average molecular weight is 292 g/mol. The smallest absolute Gasteiger partial charge is 0.316 e. The number of hydrogen-bond donors (Lipinski definition) is 2. The van der Waals surface area contributed by atoms with E-state index in [2.05, 4.69) is 22.5 Å². The number of ether oxygens (including phenoxy) is 1. The zero-order valence-electron chi connectivity index (χ0n) is 12.0. The van der Waals surface area contributed by atoms with Crippen LogP contribution in [0.15, 0.2) is 54.6 Å². The van der Waals surface area contributed by atoms with Crippen molar-refractivity contribution in [2.24, 2.45) is 0 Å². The monoisotopic (exact) mass is 292 g/mol. The Bertz CT molecular complexity index is 717. The van der Waals surface area contributed by atoms with E-state index in [4.69, 9.17) is 4.74 Å². The molecule has 0 saturated carbocycles. The molecule has 2 amide bonds. The van der Waals surface area contributed by atoms with Gasteiger partial charge in [-0.05, 0) is 18.2 Å². The third kappa shape index (κ3) is 3.39. The molecule has 4 nitrogen and oxygen atoms in total. The van der Waals surface area contributed by atoms with E-state index >= 15 is 0 Å². The van der Waals surface area contributed by atoms with E-state index in [1.54, 1.807) is 0 Å². The molecule has 1 heterocycles. The van der Waals surface area contributed by atoms with Gasteiger partial charge in [0.2, 0.25) is 0 Å². The first-order valence-electron chi connectivity index (χ1n) is 7.13. The fourth-order valence-electron chi connectivity index (χ4n) is 2.28. The average Bonchev–Trinajstić information content (AvgIpc) is 2.96. The van der Waals surface area contributed by atoms with E-state index in [1.165, 1.54) is 0 Å². The Balaban J connectivity index is 1.49. The summed E-state index contributed by atoms with van der Waals surface area (Å²) in [6.07, 6.45) is 0. The minimum atomic E-state index is -0.243. The van der Waals surface area contributed by atoms with E-state index in [0.717, 1.165) is 16.9 Å². The van der Waals surface area contributed by atoms with E-state index in [1.807, 2.05) is 54.6 Å². The first-order valence-corrected chi connectivity index (χ1v) is 7.13. The Kier molecular flexibility index (Phi) is 4.26.